The Morgan fingerprint density at radius 3 is 2.67 bits per heavy atom. The van der Waals surface area contributed by atoms with E-state index in [0.717, 1.165) is 25.9 Å². The number of amides is 1. The number of rotatable bonds is 4. The van der Waals surface area contributed by atoms with Gasteiger partial charge in [-0.2, -0.15) is 0 Å². The van der Waals surface area contributed by atoms with Gasteiger partial charge in [-0.05, 0) is 24.7 Å². The molecule has 0 saturated carbocycles. The topological polar surface area (TPSA) is 46.3 Å². The molecule has 0 aromatic carbocycles. The van der Waals surface area contributed by atoms with Crippen molar-refractivity contribution in [3.8, 4) is 0 Å². The molecular formula is C12H24N2O. The number of nitrogens with zero attached hydrogens (tertiary/aromatic N) is 1. The van der Waals surface area contributed by atoms with Gasteiger partial charge >= 0.3 is 0 Å². The van der Waals surface area contributed by atoms with E-state index >= 15 is 0 Å². The average molecular weight is 212 g/mol. The summed E-state index contributed by atoms with van der Waals surface area (Å²) in [4.78, 5) is 13.9. The summed E-state index contributed by atoms with van der Waals surface area (Å²) in [6.45, 7) is 8.22. The maximum Gasteiger partial charge on any atom is 0.239 e. The highest BCUT2D eigenvalue weighted by atomic mass is 16.2. The highest BCUT2D eigenvalue weighted by Gasteiger charge is 2.28. The minimum Gasteiger partial charge on any atom is -0.341 e. The molecule has 1 amide bonds. The van der Waals surface area contributed by atoms with E-state index in [9.17, 15) is 4.79 Å². The SMILES string of the molecule is CCC1CCN(C(=O)C(N)CC(C)C)C1. The lowest BCUT2D eigenvalue weighted by Crippen LogP contribution is -2.43. The van der Waals surface area contributed by atoms with Crippen molar-refractivity contribution in [3.05, 3.63) is 0 Å². The van der Waals surface area contributed by atoms with Gasteiger partial charge in [0.1, 0.15) is 0 Å². The van der Waals surface area contributed by atoms with Crippen LogP contribution >= 0.6 is 0 Å². The molecule has 1 fully saturated rings. The van der Waals surface area contributed by atoms with Crippen LogP contribution in [0.4, 0.5) is 0 Å². The molecular weight excluding hydrogens is 188 g/mol. The van der Waals surface area contributed by atoms with E-state index in [-0.39, 0.29) is 11.9 Å². The van der Waals surface area contributed by atoms with Gasteiger partial charge in [0, 0.05) is 13.1 Å². The Hall–Kier alpha value is -0.570. The van der Waals surface area contributed by atoms with E-state index in [1.165, 1.54) is 6.42 Å². The predicted molar refractivity (Wildman–Crippen MR) is 62.4 cm³/mol. The van der Waals surface area contributed by atoms with Crippen LogP contribution in [0.3, 0.4) is 0 Å². The number of hydrogen-bond acceptors (Lipinski definition) is 2. The van der Waals surface area contributed by atoms with Crippen LogP contribution in [0, 0.1) is 11.8 Å². The first-order valence-electron chi connectivity index (χ1n) is 6.09. The minimum absolute atomic E-state index is 0.152. The third-order valence-electron chi connectivity index (χ3n) is 3.22. The van der Waals surface area contributed by atoms with Gasteiger partial charge in [-0.25, -0.2) is 0 Å². The van der Waals surface area contributed by atoms with Crippen molar-refractivity contribution < 1.29 is 4.79 Å². The largest absolute Gasteiger partial charge is 0.341 e. The van der Waals surface area contributed by atoms with Crippen LogP contribution in [0.25, 0.3) is 0 Å². The first kappa shape index (κ1) is 12.5. The van der Waals surface area contributed by atoms with Crippen molar-refractivity contribution >= 4 is 5.91 Å². The van der Waals surface area contributed by atoms with Crippen LogP contribution in [-0.4, -0.2) is 29.9 Å². The summed E-state index contributed by atoms with van der Waals surface area (Å²) in [5.41, 5.74) is 5.89. The molecule has 1 aliphatic rings. The van der Waals surface area contributed by atoms with Gasteiger partial charge in [0.25, 0.3) is 0 Å². The molecule has 0 aromatic heterocycles. The summed E-state index contributed by atoms with van der Waals surface area (Å²) in [7, 11) is 0. The molecule has 0 aliphatic carbocycles. The fourth-order valence-electron chi connectivity index (χ4n) is 2.21. The average Bonchev–Trinajstić information content (AvgIpc) is 2.63. The van der Waals surface area contributed by atoms with Crippen LogP contribution < -0.4 is 5.73 Å². The fourth-order valence-corrected chi connectivity index (χ4v) is 2.21. The zero-order valence-corrected chi connectivity index (χ0v) is 10.2. The second-order valence-corrected chi connectivity index (χ2v) is 5.08. The molecule has 1 saturated heterocycles. The monoisotopic (exact) mass is 212 g/mol. The van der Waals surface area contributed by atoms with E-state index in [0.29, 0.717) is 11.8 Å². The van der Waals surface area contributed by atoms with Crippen LogP contribution in [0.15, 0.2) is 0 Å². The first-order valence-corrected chi connectivity index (χ1v) is 6.09. The van der Waals surface area contributed by atoms with Crippen molar-refractivity contribution in [3.63, 3.8) is 0 Å². The third kappa shape index (κ3) is 3.49. The zero-order chi connectivity index (χ0) is 11.4. The molecule has 2 atom stereocenters. The van der Waals surface area contributed by atoms with Crippen LogP contribution in [-0.2, 0) is 4.79 Å². The Labute approximate surface area is 93.0 Å². The normalized spacial score (nSPS) is 23.5. The molecule has 0 radical (unpaired) electrons. The van der Waals surface area contributed by atoms with Gasteiger partial charge in [0.15, 0.2) is 0 Å². The van der Waals surface area contributed by atoms with Gasteiger partial charge in [-0.1, -0.05) is 27.2 Å². The predicted octanol–water partition coefficient (Wildman–Crippen LogP) is 1.62. The molecule has 2 unspecified atom stereocenters. The van der Waals surface area contributed by atoms with Gasteiger partial charge in [0.05, 0.1) is 6.04 Å². The highest BCUT2D eigenvalue weighted by molar-refractivity contribution is 5.81. The molecule has 0 bridgehead atoms. The van der Waals surface area contributed by atoms with E-state index < -0.39 is 0 Å². The molecule has 3 nitrogen and oxygen atoms in total. The molecule has 15 heavy (non-hydrogen) atoms. The number of nitrogens with two attached hydrogens (primary N) is 1. The second kappa shape index (κ2) is 5.50. The number of likely N-dealkylation sites (tertiary alicyclic amines) is 1. The molecule has 2 N–H and O–H groups in total. The maximum atomic E-state index is 11.9. The van der Waals surface area contributed by atoms with E-state index in [4.69, 9.17) is 5.73 Å². The van der Waals surface area contributed by atoms with E-state index in [1.54, 1.807) is 0 Å². The summed E-state index contributed by atoms with van der Waals surface area (Å²) in [6.07, 6.45) is 3.12. The molecule has 88 valence electrons. The summed E-state index contributed by atoms with van der Waals surface area (Å²) >= 11 is 0. The molecule has 1 aliphatic heterocycles. The van der Waals surface area contributed by atoms with Gasteiger partial charge < -0.3 is 10.6 Å². The van der Waals surface area contributed by atoms with E-state index in [2.05, 4.69) is 20.8 Å². The Morgan fingerprint density at radius 1 is 1.53 bits per heavy atom. The lowest BCUT2D eigenvalue weighted by molar-refractivity contribution is -0.132. The van der Waals surface area contributed by atoms with Crippen LogP contribution in [0.2, 0.25) is 0 Å². The van der Waals surface area contributed by atoms with Crippen molar-refractivity contribution in [1.82, 2.24) is 4.90 Å². The van der Waals surface area contributed by atoms with Gasteiger partial charge in [-0.3, -0.25) is 4.79 Å². The minimum atomic E-state index is -0.291. The van der Waals surface area contributed by atoms with Gasteiger partial charge in [0.2, 0.25) is 5.91 Å². The lowest BCUT2D eigenvalue weighted by Gasteiger charge is -2.21. The van der Waals surface area contributed by atoms with Crippen molar-refractivity contribution in [2.24, 2.45) is 17.6 Å². The number of hydrogen-bond donors (Lipinski definition) is 1. The molecule has 0 spiro atoms. The summed E-state index contributed by atoms with van der Waals surface area (Å²) in [5.74, 6) is 1.34. The Morgan fingerprint density at radius 2 is 2.20 bits per heavy atom. The Bertz CT molecular complexity index is 216. The summed E-state index contributed by atoms with van der Waals surface area (Å²) in [6, 6.07) is -0.291. The molecule has 1 heterocycles. The Balaban J connectivity index is 2.40. The van der Waals surface area contributed by atoms with Gasteiger partial charge in [-0.15, -0.1) is 0 Å². The molecule has 1 rings (SSSR count). The number of carbonyl (C=O) groups excluding carboxylic acids is 1. The second-order valence-electron chi connectivity index (χ2n) is 5.08. The fraction of sp³-hybridized carbons (Fsp3) is 0.917. The Kier molecular flexibility index (Phi) is 4.58. The van der Waals surface area contributed by atoms with E-state index in [1.807, 2.05) is 4.90 Å². The molecule has 0 aromatic rings. The van der Waals surface area contributed by atoms with Crippen molar-refractivity contribution in [2.75, 3.05) is 13.1 Å². The van der Waals surface area contributed by atoms with Crippen LogP contribution in [0.5, 0.6) is 0 Å². The lowest BCUT2D eigenvalue weighted by atomic mass is 10.0. The van der Waals surface area contributed by atoms with Crippen molar-refractivity contribution in [1.29, 1.82) is 0 Å². The highest BCUT2D eigenvalue weighted by Crippen LogP contribution is 2.20. The summed E-state index contributed by atoms with van der Waals surface area (Å²) < 4.78 is 0. The summed E-state index contributed by atoms with van der Waals surface area (Å²) in [5, 5.41) is 0. The number of carbonyl (C=O) groups is 1. The van der Waals surface area contributed by atoms with Crippen LogP contribution in [0.1, 0.15) is 40.0 Å². The quantitative estimate of drug-likeness (QED) is 0.769. The standard InChI is InChI=1S/C12H24N2O/c1-4-10-5-6-14(8-10)12(15)11(13)7-9(2)3/h9-11H,4-8,13H2,1-3H3. The van der Waals surface area contributed by atoms with Crippen molar-refractivity contribution in [2.45, 2.75) is 46.1 Å². The smallest absolute Gasteiger partial charge is 0.239 e. The third-order valence-corrected chi connectivity index (χ3v) is 3.22. The zero-order valence-electron chi connectivity index (χ0n) is 10.2. The molecule has 3 heteroatoms. The maximum absolute atomic E-state index is 11.9. The first-order chi connectivity index (χ1) is 7.04.